The molecule has 0 N–H and O–H groups in total. The largest absolute Gasteiger partial charge is 0.420 e. The van der Waals surface area contributed by atoms with E-state index >= 15 is 0 Å². The van der Waals surface area contributed by atoms with Crippen molar-refractivity contribution in [1.82, 2.24) is 9.78 Å². The van der Waals surface area contributed by atoms with Gasteiger partial charge in [0.2, 0.25) is 0 Å². The van der Waals surface area contributed by atoms with E-state index in [9.17, 15) is 18.0 Å². The number of alkyl halides is 3. The molecule has 1 aromatic heterocycles. The second-order valence-corrected chi connectivity index (χ2v) is 6.90. The highest BCUT2D eigenvalue weighted by atomic mass is 19.4. The molecule has 1 aromatic carbocycles. The maximum absolute atomic E-state index is 13.5. The molecule has 3 nitrogen and oxygen atoms in total. The van der Waals surface area contributed by atoms with E-state index in [1.165, 1.54) is 0 Å². The van der Waals surface area contributed by atoms with Gasteiger partial charge in [-0.2, -0.15) is 18.3 Å². The molecule has 0 saturated carbocycles. The molecule has 2 aliphatic carbocycles. The van der Waals surface area contributed by atoms with E-state index in [-0.39, 0.29) is 17.9 Å². The molecule has 0 spiro atoms. The third-order valence-electron chi connectivity index (χ3n) is 5.36. The quantitative estimate of drug-likeness (QED) is 0.807. The minimum absolute atomic E-state index is 0.0180. The molecule has 0 bridgehead atoms. The van der Waals surface area contributed by atoms with Crippen LogP contribution in [0.5, 0.6) is 0 Å². The molecule has 0 aliphatic heterocycles. The van der Waals surface area contributed by atoms with E-state index in [1.807, 2.05) is 10.7 Å². The van der Waals surface area contributed by atoms with Crippen LogP contribution in [0.15, 0.2) is 23.9 Å². The summed E-state index contributed by atoms with van der Waals surface area (Å²) in [4.78, 5) is 12.0. The summed E-state index contributed by atoms with van der Waals surface area (Å²) in [7, 11) is 0. The first-order chi connectivity index (χ1) is 11.9. The standard InChI is InChI=1S/C19H19F3N2O/c1-2-3-8-24-15-6-5-12-13(14(15)10-23-24)9-11-4-7-16(25)18(17(11)12)19(20,21)22/h5-6,10-11H,2-4,7-9H2,1H3. The van der Waals surface area contributed by atoms with Crippen molar-refractivity contribution in [3.63, 3.8) is 0 Å². The third kappa shape index (κ3) is 2.50. The van der Waals surface area contributed by atoms with E-state index in [1.54, 1.807) is 12.3 Å². The Morgan fingerprint density at radius 2 is 2.12 bits per heavy atom. The van der Waals surface area contributed by atoms with Gasteiger partial charge in [-0.05, 0) is 47.9 Å². The van der Waals surface area contributed by atoms with Crippen molar-refractivity contribution in [2.75, 3.05) is 0 Å². The van der Waals surface area contributed by atoms with Gasteiger partial charge in [0.25, 0.3) is 0 Å². The maximum Gasteiger partial charge on any atom is 0.420 e. The zero-order valence-electron chi connectivity index (χ0n) is 14.0. The van der Waals surface area contributed by atoms with Crippen LogP contribution < -0.4 is 0 Å². The van der Waals surface area contributed by atoms with Gasteiger partial charge >= 0.3 is 6.18 Å². The van der Waals surface area contributed by atoms with Gasteiger partial charge in [0.1, 0.15) is 5.57 Å². The fraction of sp³-hybridized carbons (Fsp3) is 0.474. The number of allylic oxidation sites excluding steroid dienone is 2. The van der Waals surface area contributed by atoms with E-state index in [0.717, 1.165) is 35.9 Å². The molecule has 1 heterocycles. The molecule has 2 aromatic rings. The number of benzene rings is 1. The van der Waals surface area contributed by atoms with Crippen LogP contribution in [0.25, 0.3) is 16.5 Å². The number of rotatable bonds is 3. The summed E-state index contributed by atoms with van der Waals surface area (Å²) in [5.41, 5.74) is 1.75. The highest BCUT2D eigenvalue weighted by molar-refractivity contribution is 6.08. The number of fused-ring (bicyclic) bond motifs is 5. The van der Waals surface area contributed by atoms with Gasteiger partial charge < -0.3 is 0 Å². The molecule has 6 heteroatoms. The number of hydrogen-bond donors (Lipinski definition) is 0. The first-order valence-electron chi connectivity index (χ1n) is 8.74. The number of halogens is 3. The highest BCUT2D eigenvalue weighted by Crippen LogP contribution is 2.50. The Hall–Kier alpha value is -2.11. The lowest BCUT2D eigenvalue weighted by Crippen LogP contribution is -2.27. The molecule has 25 heavy (non-hydrogen) atoms. The Morgan fingerprint density at radius 1 is 1.32 bits per heavy atom. The van der Waals surface area contributed by atoms with Gasteiger partial charge in [-0.25, -0.2) is 0 Å². The predicted molar refractivity (Wildman–Crippen MR) is 89.1 cm³/mol. The summed E-state index contributed by atoms with van der Waals surface area (Å²) in [6.45, 7) is 2.91. The Morgan fingerprint density at radius 3 is 2.84 bits per heavy atom. The third-order valence-corrected chi connectivity index (χ3v) is 5.36. The molecule has 0 saturated heterocycles. The molecule has 1 atom stereocenters. The number of Topliss-reactive ketones (excluding diaryl/α,β-unsaturated/α-hetero) is 1. The van der Waals surface area contributed by atoms with Crippen molar-refractivity contribution in [2.24, 2.45) is 5.92 Å². The van der Waals surface area contributed by atoms with Crippen molar-refractivity contribution >= 4 is 22.3 Å². The van der Waals surface area contributed by atoms with Crippen molar-refractivity contribution in [3.8, 4) is 0 Å². The monoisotopic (exact) mass is 348 g/mol. The number of hydrogen-bond acceptors (Lipinski definition) is 2. The van der Waals surface area contributed by atoms with Crippen LogP contribution in [0.2, 0.25) is 0 Å². The highest BCUT2D eigenvalue weighted by Gasteiger charge is 2.47. The molecule has 0 amide bonds. The summed E-state index contributed by atoms with van der Waals surface area (Å²) in [5, 5.41) is 5.34. The van der Waals surface area contributed by atoms with Crippen LogP contribution in [0.1, 0.15) is 43.7 Å². The number of aryl methyl sites for hydroxylation is 1. The van der Waals surface area contributed by atoms with Crippen molar-refractivity contribution < 1.29 is 18.0 Å². The molecule has 1 unspecified atom stereocenters. The second kappa shape index (κ2) is 5.71. The SMILES string of the molecule is CCCCn1ncc2c3c(ccc21)C1=C(C(F)(F)F)C(=O)CCC1C3. The summed E-state index contributed by atoms with van der Waals surface area (Å²) in [6, 6.07) is 3.60. The van der Waals surface area contributed by atoms with Crippen LogP contribution in [0, 0.1) is 5.92 Å². The number of nitrogens with zero attached hydrogens (tertiary/aromatic N) is 2. The van der Waals surface area contributed by atoms with Crippen LogP contribution >= 0.6 is 0 Å². The molecule has 0 radical (unpaired) electrons. The fourth-order valence-electron chi connectivity index (χ4n) is 4.21. The molecular weight excluding hydrogens is 329 g/mol. The average Bonchev–Trinajstić information content (AvgIpc) is 3.12. The second-order valence-electron chi connectivity index (χ2n) is 6.90. The smallest absolute Gasteiger partial charge is 0.294 e. The predicted octanol–water partition coefficient (Wildman–Crippen LogP) is 4.69. The topological polar surface area (TPSA) is 34.9 Å². The fourth-order valence-corrected chi connectivity index (χ4v) is 4.21. The van der Waals surface area contributed by atoms with Gasteiger partial charge in [0.15, 0.2) is 5.78 Å². The number of carbonyl (C=O) groups is 1. The minimum atomic E-state index is -4.59. The first-order valence-corrected chi connectivity index (χ1v) is 8.74. The van der Waals surface area contributed by atoms with E-state index < -0.39 is 17.5 Å². The lowest BCUT2D eigenvalue weighted by atomic mass is 9.82. The number of aromatic nitrogens is 2. The molecule has 0 fully saturated rings. The summed E-state index contributed by atoms with van der Waals surface area (Å²) in [5.74, 6) is -0.987. The van der Waals surface area contributed by atoms with Crippen molar-refractivity contribution in [2.45, 2.75) is 51.7 Å². The Kier molecular flexibility index (Phi) is 3.74. The summed E-state index contributed by atoms with van der Waals surface area (Å²) in [6.07, 6.45) is 0.272. The average molecular weight is 348 g/mol. The zero-order chi connectivity index (χ0) is 17.8. The van der Waals surface area contributed by atoms with Gasteiger partial charge in [0, 0.05) is 18.4 Å². The van der Waals surface area contributed by atoms with Crippen molar-refractivity contribution in [3.05, 3.63) is 35.0 Å². The maximum atomic E-state index is 13.5. The van der Waals surface area contributed by atoms with Crippen LogP contribution in [-0.2, 0) is 17.8 Å². The molecule has 132 valence electrons. The number of unbranched alkanes of at least 4 members (excludes halogenated alkanes) is 1. The van der Waals surface area contributed by atoms with Gasteiger partial charge in [-0.3, -0.25) is 9.48 Å². The van der Waals surface area contributed by atoms with Crippen molar-refractivity contribution in [1.29, 1.82) is 0 Å². The minimum Gasteiger partial charge on any atom is -0.294 e. The molecule has 4 rings (SSSR count). The normalized spacial score (nSPS) is 20.3. The number of ketones is 1. The van der Waals surface area contributed by atoms with E-state index in [0.29, 0.717) is 18.4 Å². The molecular formula is C19H19F3N2O. The number of carbonyl (C=O) groups excluding carboxylic acids is 1. The lowest BCUT2D eigenvalue weighted by Gasteiger charge is -2.24. The zero-order valence-corrected chi connectivity index (χ0v) is 14.0. The Bertz CT molecular complexity index is 892. The summed E-state index contributed by atoms with van der Waals surface area (Å²) < 4.78 is 42.4. The van der Waals surface area contributed by atoms with Crippen LogP contribution in [0.3, 0.4) is 0 Å². The first kappa shape index (κ1) is 16.4. The van der Waals surface area contributed by atoms with E-state index in [2.05, 4.69) is 12.0 Å². The van der Waals surface area contributed by atoms with E-state index in [4.69, 9.17) is 0 Å². The Labute approximate surface area is 143 Å². The summed E-state index contributed by atoms with van der Waals surface area (Å²) >= 11 is 0. The van der Waals surface area contributed by atoms with Gasteiger partial charge in [-0.1, -0.05) is 19.4 Å². The Balaban J connectivity index is 1.89. The van der Waals surface area contributed by atoms with Crippen LogP contribution in [0.4, 0.5) is 13.2 Å². The molecule has 2 aliphatic rings. The van der Waals surface area contributed by atoms with Crippen LogP contribution in [-0.4, -0.2) is 21.7 Å². The lowest BCUT2D eigenvalue weighted by molar-refractivity contribution is -0.129. The van der Waals surface area contributed by atoms with Gasteiger partial charge in [-0.15, -0.1) is 0 Å². The van der Waals surface area contributed by atoms with Gasteiger partial charge in [0.05, 0.1) is 11.7 Å².